The molecule has 0 spiro atoms. The van der Waals surface area contributed by atoms with Gasteiger partial charge in [-0.25, -0.2) is 0 Å². The molecule has 1 rings (SSSR count). The van der Waals surface area contributed by atoms with E-state index < -0.39 is 17.6 Å². The average Bonchev–Trinajstić information content (AvgIpc) is 2.46. The van der Waals surface area contributed by atoms with Crippen molar-refractivity contribution < 1.29 is 15.1 Å². The lowest BCUT2D eigenvalue weighted by Gasteiger charge is -2.02. The number of hydrogen-bond acceptors (Lipinski definition) is 5. The van der Waals surface area contributed by atoms with Crippen LogP contribution < -0.4 is 0 Å². The highest BCUT2D eigenvalue weighted by molar-refractivity contribution is 5.27. The first kappa shape index (κ1) is 10.6. The summed E-state index contributed by atoms with van der Waals surface area (Å²) in [6.45, 7) is 1.21. The van der Waals surface area contributed by atoms with E-state index in [4.69, 9.17) is 10.2 Å². The van der Waals surface area contributed by atoms with Crippen molar-refractivity contribution in [1.82, 2.24) is 9.78 Å². The van der Waals surface area contributed by atoms with Gasteiger partial charge in [-0.15, -0.1) is 0 Å². The number of rotatable bonds is 4. The van der Waals surface area contributed by atoms with E-state index in [9.17, 15) is 10.1 Å². The Morgan fingerprint density at radius 3 is 2.86 bits per heavy atom. The predicted octanol–water partition coefficient (Wildman–Crippen LogP) is -0.547. The van der Waals surface area contributed by atoms with Crippen LogP contribution >= 0.6 is 0 Å². The fourth-order valence-corrected chi connectivity index (χ4v) is 1.06. The molecule has 14 heavy (non-hydrogen) atoms. The maximum atomic E-state index is 10.4. The second kappa shape index (κ2) is 4.16. The van der Waals surface area contributed by atoms with E-state index in [2.05, 4.69) is 5.10 Å². The Labute approximate surface area is 79.7 Å². The summed E-state index contributed by atoms with van der Waals surface area (Å²) < 4.78 is 1.24. The molecule has 0 saturated carbocycles. The molecule has 7 heteroatoms. The lowest BCUT2D eigenvalue weighted by molar-refractivity contribution is -0.390. The molecule has 1 atom stereocenters. The summed E-state index contributed by atoms with van der Waals surface area (Å²) in [7, 11) is 0. The van der Waals surface area contributed by atoms with Gasteiger partial charge in [0.2, 0.25) is 0 Å². The normalized spacial score (nSPS) is 12.8. The molecule has 0 aromatic carbocycles. The molecule has 1 heterocycles. The highest BCUT2D eigenvalue weighted by Gasteiger charge is 2.18. The summed E-state index contributed by atoms with van der Waals surface area (Å²) >= 11 is 0. The van der Waals surface area contributed by atoms with Crippen molar-refractivity contribution in [3.8, 4) is 0 Å². The van der Waals surface area contributed by atoms with E-state index in [1.54, 1.807) is 6.92 Å². The minimum atomic E-state index is -0.950. The molecule has 1 aromatic heterocycles. The minimum absolute atomic E-state index is 0.0468. The molecule has 2 N–H and O–H groups in total. The first-order chi connectivity index (χ1) is 6.54. The summed E-state index contributed by atoms with van der Waals surface area (Å²) in [5, 5.41) is 31.7. The van der Waals surface area contributed by atoms with Gasteiger partial charge >= 0.3 is 5.82 Å². The Balaban J connectivity index is 2.81. The third kappa shape index (κ3) is 2.27. The van der Waals surface area contributed by atoms with Crippen molar-refractivity contribution in [3.05, 3.63) is 21.9 Å². The van der Waals surface area contributed by atoms with Gasteiger partial charge in [0.25, 0.3) is 0 Å². The Kier molecular flexibility index (Phi) is 3.15. The van der Waals surface area contributed by atoms with Gasteiger partial charge in [-0.2, -0.15) is 4.68 Å². The van der Waals surface area contributed by atoms with E-state index in [-0.39, 0.29) is 12.4 Å². The smallest absolute Gasteiger partial charge is 0.392 e. The van der Waals surface area contributed by atoms with Crippen molar-refractivity contribution in [2.75, 3.05) is 6.61 Å². The van der Waals surface area contributed by atoms with Crippen LogP contribution in [0.5, 0.6) is 0 Å². The quantitative estimate of drug-likeness (QED) is 0.502. The molecule has 1 unspecified atom stereocenters. The summed E-state index contributed by atoms with van der Waals surface area (Å²) in [5.74, 6) is -0.227. The number of aromatic nitrogens is 2. The number of aryl methyl sites for hydroxylation is 1. The summed E-state index contributed by atoms with van der Waals surface area (Å²) in [4.78, 5) is 9.82. The van der Waals surface area contributed by atoms with Crippen LogP contribution in [0.3, 0.4) is 0 Å². The van der Waals surface area contributed by atoms with Crippen molar-refractivity contribution in [2.45, 2.75) is 19.6 Å². The summed E-state index contributed by atoms with van der Waals surface area (Å²) in [5.41, 5.74) is 0.431. The molecule has 0 saturated heterocycles. The lowest BCUT2D eigenvalue weighted by atomic mass is 10.3. The van der Waals surface area contributed by atoms with Gasteiger partial charge in [0.1, 0.15) is 0 Å². The number of hydrogen-bond donors (Lipinski definition) is 2. The second-order valence-electron chi connectivity index (χ2n) is 2.95. The van der Waals surface area contributed by atoms with Crippen molar-refractivity contribution >= 4 is 5.82 Å². The number of nitrogens with zero attached hydrogens (tertiary/aromatic N) is 3. The highest BCUT2D eigenvalue weighted by atomic mass is 16.6. The molecule has 78 valence electrons. The summed E-state index contributed by atoms with van der Waals surface area (Å²) in [6, 6.07) is 0. The molecular formula is C7H11N3O4. The van der Waals surface area contributed by atoms with E-state index in [1.165, 1.54) is 10.9 Å². The van der Waals surface area contributed by atoms with E-state index in [1.807, 2.05) is 0 Å². The van der Waals surface area contributed by atoms with Gasteiger partial charge in [-0.1, -0.05) is 0 Å². The largest absolute Gasteiger partial charge is 0.394 e. The van der Waals surface area contributed by atoms with E-state index in [0.29, 0.717) is 5.56 Å². The molecule has 0 fully saturated rings. The highest BCUT2D eigenvalue weighted by Crippen LogP contribution is 2.13. The molecule has 0 aliphatic heterocycles. The van der Waals surface area contributed by atoms with Crippen molar-refractivity contribution in [3.63, 3.8) is 0 Å². The van der Waals surface area contributed by atoms with Gasteiger partial charge in [0.15, 0.2) is 0 Å². The zero-order chi connectivity index (χ0) is 10.7. The first-order valence-corrected chi connectivity index (χ1v) is 4.02. The molecule has 7 nitrogen and oxygen atoms in total. The van der Waals surface area contributed by atoms with Crippen LogP contribution in [0.4, 0.5) is 5.82 Å². The standard InChI is InChI=1S/C7H11N3O4/c1-5-2-9(3-6(12)4-11)8-7(5)10(13)14/h2,6,11-12H,3-4H2,1H3. The van der Waals surface area contributed by atoms with Crippen LogP contribution in [-0.2, 0) is 6.54 Å². The minimum Gasteiger partial charge on any atom is -0.394 e. The first-order valence-electron chi connectivity index (χ1n) is 4.02. The lowest BCUT2D eigenvalue weighted by Crippen LogP contribution is -2.20. The Morgan fingerprint density at radius 1 is 1.79 bits per heavy atom. The van der Waals surface area contributed by atoms with Crippen molar-refractivity contribution in [2.24, 2.45) is 0 Å². The van der Waals surface area contributed by atoms with Gasteiger partial charge < -0.3 is 20.3 Å². The molecule has 0 aliphatic carbocycles. The topological polar surface area (TPSA) is 101 Å². The molecule has 0 radical (unpaired) electrons. The van der Waals surface area contributed by atoms with Crippen LogP contribution in [0.1, 0.15) is 5.56 Å². The van der Waals surface area contributed by atoms with Gasteiger partial charge in [-0.3, -0.25) is 0 Å². The Hall–Kier alpha value is -1.47. The molecular weight excluding hydrogens is 190 g/mol. The van der Waals surface area contributed by atoms with Crippen molar-refractivity contribution in [1.29, 1.82) is 0 Å². The van der Waals surface area contributed by atoms with Crippen LogP contribution in [0, 0.1) is 17.0 Å². The fraction of sp³-hybridized carbons (Fsp3) is 0.571. The maximum absolute atomic E-state index is 10.4. The van der Waals surface area contributed by atoms with E-state index in [0.717, 1.165) is 0 Å². The van der Waals surface area contributed by atoms with Crippen LogP contribution in [-0.4, -0.2) is 37.6 Å². The van der Waals surface area contributed by atoms with Crippen LogP contribution in [0.2, 0.25) is 0 Å². The number of nitro groups is 1. The molecule has 0 aliphatic rings. The number of aliphatic hydroxyl groups is 2. The van der Waals surface area contributed by atoms with Crippen LogP contribution in [0.25, 0.3) is 0 Å². The molecule has 1 aromatic rings. The average molecular weight is 201 g/mol. The van der Waals surface area contributed by atoms with Gasteiger partial charge in [-0.05, 0) is 11.8 Å². The predicted molar refractivity (Wildman–Crippen MR) is 46.7 cm³/mol. The third-order valence-corrected chi connectivity index (χ3v) is 1.70. The van der Waals surface area contributed by atoms with Gasteiger partial charge in [0, 0.05) is 0 Å². The van der Waals surface area contributed by atoms with E-state index >= 15 is 0 Å². The molecule has 0 bridgehead atoms. The monoisotopic (exact) mass is 201 g/mol. The SMILES string of the molecule is Cc1cn(CC(O)CO)nc1[N+](=O)[O-]. The summed E-state index contributed by atoms with van der Waals surface area (Å²) in [6.07, 6.45) is 0.505. The fourth-order valence-electron chi connectivity index (χ4n) is 1.06. The maximum Gasteiger partial charge on any atom is 0.392 e. The van der Waals surface area contributed by atoms with Crippen LogP contribution in [0.15, 0.2) is 6.20 Å². The second-order valence-corrected chi connectivity index (χ2v) is 2.95. The Morgan fingerprint density at radius 2 is 2.43 bits per heavy atom. The van der Waals surface area contributed by atoms with Gasteiger partial charge in [0.05, 0.1) is 36.1 Å². The Bertz CT molecular complexity index is 336. The molecule has 0 amide bonds. The number of aliphatic hydroxyl groups excluding tert-OH is 2. The zero-order valence-electron chi connectivity index (χ0n) is 7.62. The third-order valence-electron chi connectivity index (χ3n) is 1.70. The zero-order valence-corrected chi connectivity index (χ0v) is 7.62.